The molecule has 1 heterocycles. The molecule has 1 aromatic rings. The highest BCUT2D eigenvalue weighted by Gasteiger charge is 2.26. The van der Waals surface area contributed by atoms with Gasteiger partial charge in [0.2, 0.25) is 0 Å². The second kappa shape index (κ2) is 5.53. The zero-order valence-corrected chi connectivity index (χ0v) is 12.3. The first-order chi connectivity index (χ1) is 8.06. The quantitative estimate of drug-likeness (QED) is 0.832. The third kappa shape index (κ3) is 3.32. The molecule has 1 saturated carbocycles. The van der Waals surface area contributed by atoms with Crippen molar-refractivity contribution in [2.45, 2.75) is 59.0 Å². The Morgan fingerprint density at radius 1 is 1.29 bits per heavy atom. The molecule has 17 heavy (non-hydrogen) atoms. The molecule has 1 aliphatic carbocycles. The standard InChI is InChI=1S/C15H25NS/c1-10-5-6-11(2)14(9-10)16-13(4)15-8-7-12(3)17-15/h7-8,10-11,13-14,16H,5-6,9H2,1-4H3. The van der Waals surface area contributed by atoms with Crippen molar-refractivity contribution in [2.75, 3.05) is 0 Å². The van der Waals surface area contributed by atoms with Crippen molar-refractivity contribution in [3.63, 3.8) is 0 Å². The van der Waals surface area contributed by atoms with Gasteiger partial charge in [-0.05, 0) is 50.7 Å². The van der Waals surface area contributed by atoms with Gasteiger partial charge in [-0.2, -0.15) is 0 Å². The molecule has 1 aliphatic rings. The zero-order valence-electron chi connectivity index (χ0n) is 11.5. The van der Waals surface area contributed by atoms with Crippen LogP contribution in [0.4, 0.5) is 0 Å². The van der Waals surface area contributed by atoms with Gasteiger partial charge >= 0.3 is 0 Å². The van der Waals surface area contributed by atoms with Crippen molar-refractivity contribution in [2.24, 2.45) is 11.8 Å². The van der Waals surface area contributed by atoms with Crippen molar-refractivity contribution in [3.05, 3.63) is 21.9 Å². The van der Waals surface area contributed by atoms with Gasteiger partial charge in [0, 0.05) is 21.8 Å². The summed E-state index contributed by atoms with van der Waals surface area (Å²) in [7, 11) is 0. The molecule has 2 heteroatoms. The lowest BCUT2D eigenvalue weighted by Crippen LogP contribution is -2.40. The van der Waals surface area contributed by atoms with Crippen LogP contribution in [0.2, 0.25) is 0 Å². The molecular weight excluding hydrogens is 226 g/mol. The molecule has 0 radical (unpaired) electrons. The maximum atomic E-state index is 3.84. The fraction of sp³-hybridized carbons (Fsp3) is 0.733. The van der Waals surface area contributed by atoms with Crippen LogP contribution in [0.25, 0.3) is 0 Å². The first kappa shape index (κ1) is 13.1. The van der Waals surface area contributed by atoms with Gasteiger partial charge < -0.3 is 5.32 Å². The highest BCUT2D eigenvalue weighted by molar-refractivity contribution is 7.12. The summed E-state index contributed by atoms with van der Waals surface area (Å²) in [4.78, 5) is 2.90. The fourth-order valence-corrected chi connectivity index (χ4v) is 3.74. The van der Waals surface area contributed by atoms with E-state index in [-0.39, 0.29) is 0 Å². The van der Waals surface area contributed by atoms with E-state index in [0.29, 0.717) is 12.1 Å². The van der Waals surface area contributed by atoms with Crippen molar-refractivity contribution in [3.8, 4) is 0 Å². The number of aryl methyl sites for hydroxylation is 1. The van der Waals surface area contributed by atoms with Crippen LogP contribution in [0.5, 0.6) is 0 Å². The fourth-order valence-electron chi connectivity index (χ4n) is 2.85. The molecule has 0 amide bonds. The topological polar surface area (TPSA) is 12.0 Å². The minimum Gasteiger partial charge on any atom is -0.306 e. The summed E-state index contributed by atoms with van der Waals surface area (Å²) in [6, 6.07) is 5.71. The molecule has 1 nitrogen and oxygen atoms in total. The Bertz CT molecular complexity index is 358. The van der Waals surface area contributed by atoms with Gasteiger partial charge in [0.15, 0.2) is 0 Å². The van der Waals surface area contributed by atoms with E-state index in [2.05, 4.69) is 45.1 Å². The van der Waals surface area contributed by atoms with Crippen LogP contribution < -0.4 is 5.32 Å². The Morgan fingerprint density at radius 3 is 2.71 bits per heavy atom. The van der Waals surface area contributed by atoms with Crippen LogP contribution in [-0.2, 0) is 0 Å². The van der Waals surface area contributed by atoms with E-state index in [1.54, 1.807) is 0 Å². The maximum absolute atomic E-state index is 3.84. The Kier molecular flexibility index (Phi) is 4.26. The van der Waals surface area contributed by atoms with E-state index in [0.717, 1.165) is 11.8 Å². The zero-order chi connectivity index (χ0) is 12.4. The second-order valence-electron chi connectivity index (χ2n) is 5.84. The normalized spacial score (nSPS) is 31.4. The Hall–Kier alpha value is -0.340. The molecule has 0 aliphatic heterocycles. The van der Waals surface area contributed by atoms with Crippen molar-refractivity contribution >= 4 is 11.3 Å². The van der Waals surface area contributed by atoms with Gasteiger partial charge in [-0.25, -0.2) is 0 Å². The molecule has 0 saturated heterocycles. The first-order valence-electron chi connectivity index (χ1n) is 6.88. The average Bonchev–Trinajstić information content (AvgIpc) is 2.70. The minimum atomic E-state index is 0.506. The van der Waals surface area contributed by atoms with Crippen molar-refractivity contribution in [1.82, 2.24) is 5.32 Å². The maximum Gasteiger partial charge on any atom is 0.0388 e. The van der Waals surface area contributed by atoms with Crippen LogP contribution >= 0.6 is 11.3 Å². The molecule has 96 valence electrons. The van der Waals surface area contributed by atoms with E-state index in [4.69, 9.17) is 0 Å². The summed E-state index contributed by atoms with van der Waals surface area (Å²) in [5.74, 6) is 1.72. The van der Waals surface area contributed by atoms with Crippen LogP contribution in [0.3, 0.4) is 0 Å². The van der Waals surface area contributed by atoms with E-state index >= 15 is 0 Å². The number of rotatable bonds is 3. The van der Waals surface area contributed by atoms with Gasteiger partial charge in [0.25, 0.3) is 0 Å². The molecule has 4 atom stereocenters. The van der Waals surface area contributed by atoms with Crippen LogP contribution in [0.1, 0.15) is 55.8 Å². The molecule has 2 rings (SSSR count). The molecule has 0 spiro atoms. The average molecular weight is 251 g/mol. The van der Waals surface area contributed by atoms with E-state index in [1.165, 1.54) is 29.0 Å². The summed E-state index contributed by atoms with van der Waals surface area (Å²) in [5, 5.41) is 3.84. The number of nitrogens with one attached hydrogen (secondary N) is 1. The lowest BCUT2D eigenvalue weighted by Gasteiger charge is -2.35. The molecule has 1 fully saturated rings. The van der Waals surface area contributed by atoms with Crippen molar-refractivity contribution in [1.29, 1.82) is 0 Å². The van der Waals surface area contributed by atoms with E-state index in [9.17, 15) is 0 Å². The lowest BCUT2D eigenvalue weighted by atomic mass is 9.80. The van der Waals surface area contributed by atoms with E-state index in [1.807, 2.05) is 11.3 Å². The summed E-state index contributed by atoms with van der Waals surface area (Å²) >= 11 is 1.92. The number of hydrogen-bond acceptors (Lipinski definition) is 2. The van der Waals surface area contributed by atoms with Crippen molar-refractivity contribution < 1.29 is 0 Å². The largest absolute Gasteiger partial charge is 0.306 e. The number of hydrogen-bond donors (Lipinski definition) is 1. The smallest absolute Gasteiger partial charge is 0.0388 e. The third-order valence-electron chi connectivity index (χ3n) is 4.11. The second-order valence-corrected chi connectivity index (χ2v) is 7.16. The van der Waals surface area contributed by atoms with Gasteiger partial charge in [0.1, 0.15) is 0 Å². The lowest BCUT2D eigenvalue weighted by molar-refractivity contribution is 0.217. The molecule has 0 bridgehead atoms. The minimum absolute atomic E-state index is 0.506. The highest BCUT2D eigenvalue weighted by Crippen LogP contribution is 2.31. The Balaban J connectivity index is 1.95. The monoisotopic (exact) mass is 251 g/mol. The molecule has 1 N–H and O–H groups in total. The van der Waals surface area contributed by atoms with Crippen LogP contribution in [0, 0.1) is 18.8 Å². The van der Waals surface area contributed by atoms with Crippen LogP contribution in [-0.4, -0.2) is 6.04 Å². The predicted molar refractivity (Wildman–Crippen MR) is 76.6 cm³/mol. The molecule has 1 aromatic heterocycles. The SMILES string of the molecule is Cc1ccc(C(C)NC2CC(C)CCC2C)s1. The molecular formula is C15H25NS. The van der Waals surface area contributed by atoms with Gasteiger partial charge in [-0.15, -0.1) is 11.3 Å². The first-order valence-corrected chi connectivity index (χ1v) is 7.70. The van der Waals surface area contributed by atoms with Crippen LogP contribution in [0.15, 0.2) is 12.1 Å². The summed E-state index contributed by atoms with van der Waals surface area (Å²) in [5.41, 5.74) is 0. The third-order valence-corrected chi connectivity index (χ3v) is 5.29. The highest BCUT2D eigenvalue weighted by atomic mass is 32.1. The predicted octanol–water partition coefficient (Wildman–Crippen LogP) is 4.53. The van der Waals surface area contributed by atoms with Gasteiger partial charge in [-0.1, -0.05) is 20.3 Å². The Morgan fingerprint density at radius 2 is 2.06 bits per heavy atom. The van der Waals surface area contributed by atoms with Gasteiger partial charge in [0.05, 0.1) is 0 Å². The summed E-state index contributed by atoms with van der Waals surface area (Å²) in [6.45, 7) is 9.28. The van der Waals surface area contributed by atoms with Gasteiger partial charge in [-0.3, -0.25) is 0 Å². The Labute approximate surface area is 110 Å². The molecule has 0 aromatic carbocycles. The van der Waals surface area contributed by atoms with E-state index < -0.39 is 0 Å². The number of thiophene rings is 1. The summed E-state index contributed by atoms with van der Waals surface area (Å²) in [6.07, 6.45) is 4.14. The summed E-state index contributed by atoms with van der Waals surface area (Å²) < 4.78 is 0. The molecule has 4 unspecified atom stereocenters.